The third-order valence-corrected chi connectivity index (χ3v) is 5.60. The van der Waals surface area contributed by atoms with Gasteiger partial charge >= 0.3 is 23.0 Å². The molecule has 4 aliphatic rings. The Morgan fingerprint density at radius 3 is 2.03 bits per heavy atom. The summed E-state index contributed by atoms with van der Waals surface area (Å²) in [6.07, 6.45) is 16.7. The van der Waals surface area contributed by atoms with Gasteiger partial charge < -0.3 is 4.74 Å². The van der Waals surface area contributed by atoms with Gasteiger partial charge in [-0.25, -0.2) is 0 Å². The van der Waals surface area contributed by atoms with Gasteiger partial charge in [0, 0.05) is 18.4 Å². The quantitative estimate of drug-likeness (QED) is 0.395. The molecular weight excluding hydrogens is 434 g/mol. The van der Waals surface area contributed by atoms with Gasteiger partial charge in [0.05, 0.1) is 17.7 Å². The average molecular weight is 457 g/mol. The topological polar surface area (TPSA) is 63.7 Å². The molecule has 1 aromatic rings. The second-order valence-electron chi connectivity index (χ2n) is 7.38. The third kappa shape index (κ3) is 4.90. The van der Waals surface area contributed by atoms with Gasteiger partial charge in [0.2, 0.25) is 0 Å². The van der Waals surface area contributed by atoms with Crippen LogP contribution in [0.2, 0.25) is 0 Å². The number of rotatable bonds is 4. The van der Waals surface area contributed by atoms with Gasteiger partial charge in [0.1, 0.15) is 0 Å². The second-order valence-corrected chi connectivity index (χ2v) is 7.38. The molecule has 1 aliphatic heterocycles. The number of hydrogen-bond acceptors (Lipinski definition) is 4. The Kier molecular flexibility index (Phi) is 8.35. The molecule has 0 aromatic heterocycles. The van der Waals surface area contributed by atoms with Gasteiger partial charge in [-0.05, 0) is 88.7 Å². The fraction of sp³-hybridized carbons (Fsp3) is 0.240. The molecule has 0 bridgehead atoms. The standard InChI is InChI=1S/C20H18NO4.C5H5.Fe/c1-2-25-18(22)11-12-10-17(14-9-5-8-13(12)14)21-19(23)15-6-3-4-7-16(15)20(21)24;1-2-4-5-3-1;/h3-9,12,17H,2,10-11H2,1H3;1-5H;/q;;+2/t12-,17-;;/m1../s1. The summed E-state index contributed by atoms with van der Waals surface area (Å²) in [4.78, 5) is 38.8. The molecule has 0 N–H and O–H groups in total. The van der Waals surface area contributed by atoms with Gasteiger partial charge in [-0.1, -0.05) is 12.1 Å². The SMILES string of the molecule is CCOC(=O)C[C@H]1C[C@@H](N2C(=O)c3ccccc3C2=O)[C]2[CH][CH][CH][C]21.[CH]1[CH][CH][CH][CH]1.[Fe+2]. The Bertz CT molecular complexity index is 764. The molecule has 31 heavy (non-hydrogen) atoms. The Hall–Kier alpha value is -1.65. The van der Waals surface area contributed by atoms with Gasteiger partial charge in [0.15, 0.2) is 0 Å². The molecule has 5 nitrogen and oxygen atoms in total. The fourth-order valence-corrected chi connectivity index (χ4v) is 4.32. The summed E-state index contributed by atoms with van der Waals surface area (Å²) in [5.41, 5.74) is 0.906. The zero-order valence-corrected chi connectivity index (χ0v) is 18.2. The molecular formula is C25H23FeNO4+2. The first kappa shape index (κ1) is 24.0. The molecule has 2 atom stereocenters. The number of benzene rings is 1. The Morgan fingerprint density at radius 1 is 0.935 bits per heavy atom. The van der Waals surface area contributed by atoms with E-state index in [1.54, 1.807) is 31.2 Å². The predicted molar refractivity (Wildman–Crippen MR) is 111 cm³/mol. The number of nitrogens with zero attached hydrogens (tertiary/aromatic N) is 1. The average Bonchev–Trinajstić information content (AvgIpc) is 3.52. The number of hydrogen-bond donors (Lipinski definition) is 0. The van der Waals surface area contributed by atoms with Crippen LogP contribution in [0.15, 0.2) is 24.3 Å². The number of ether oxygens (including phenoxy) is 1. The van der Waals surface area contributed by atoms with Gasteiger partial charge in [-0.15, -0.1) is 0 Å². The molecule has 1 heterocycles. The zero-order valence-electron chi connectivity index (χ0n) is 17.1. The van der Waals surface area contributed by atoms with Crippen LogP contribution >= 0.6 is 0 Å². The van der Waals surface area contributed by atoms with E-state index < -0.39 is 0 Å². The van der Waals surface area contributed by atoms with Crippen molar-refractivity contribution < 1.29 is 36.2 Å². The van der Waals surface area contributed by atoms with E-state index in [9.17, 15) is 14.4 Å². The smallest absolute Gasteiger partial charge is 0.466 e. The van der Waals surface area contributed by atoms with Gasteiger partial charge in [-0.2, -0.15) is 0 Å². The van der Waals surface area contributed by atoms with Crippen LogP contribution in [0.3, 0.4) is 0 Å². The first-order valence-electron chi connectivity index (χ1n) is 10.2. The van der Waals surface area contributed by atoms with E-state index >= 15 is 0 Å². The number of amides is 2. The predicted octanol–water partition coefficient (Wildman–Crippen LogP) is 3.42. The minimum Gasteiger partial charge on any atom is -0.466 e. The van der Waals surface area contributed by atoms with Crippen molar-refractivity contribution in [1.29, 1.82) is 0 Å². The van der Waals surface area contributed by atoms with Crippen molar-refractivity contribution in [3.8, 4) is 0 Å². The molecule has 5 rings (SSSR count). The minimum atomic E-state index is -0.322. The minimum absolute atomic E-state index is 0. The number of esters is 1. The first-order valence-corrected chi connectivity index (χ1v) is 10.2. The largest absolute Gasteiger partial charge is 2.00 e. The van der Waals surface area contributed by atoms with E-state index in [1.165, 1.54) is 4.90 Å². The van der Waals surface area contributed by atoms with Crippen molar-refractivity contribution in [2.24, 2.45) is 5.92 Å². The van der Waals surface area contributed by atoms with Crippen LogP contribution in [0.4, 0.5) is 0 Å². The van der Waals surface area contributed by atoms with Crippen LogP contribution in [0, 0.1) is 69.1 Å². The molecule has 10 radical (unpaired) electrons. The van der Waals surface area contributed by atoms with Crippen molar-refractivity contribution in [2.75, 3.05) is 6.61 Å². The van der Waals surface area contributed by atoms with Gasteiger partial charge in [0.25, 0.3) is 11.8 Å². The molecule has 3 fully saturated rings. The Morgan fingerprint density at radius 2 is 1.48 bits per heavy atom. The second kappa shape index (κ2) is 10.8. The van der Waals surface area contributed by atoms with Crippen molar-refractivity contribution in [2.45, 2.75) is 25.8 Å². The van der Waals surface area contributed by atoms with E-state index in [-0.39, 0.29) is 53.2 Å². The number of fused-ring (bicyclic) bond motifs is 2. The first-order chi connectivity index (χ1) is 14.6. The van der Waals surface area contributed by atoms with Crippen molar-refractivity contribution in [3.05, 3.63) is 98.6 Å². The number of carbonyl (C=O) groups is 3. The van der Waals surface area contributed by atoms with Crippen molar-refractivity contribution >= 4 is 17.8 Å². The molecule has 0 saturated heterocycles. The molecule has 2 amide bonds. The maximum absolute atomic E-state index is 12.8. The van der Waals surface area contributed by atoms with Crippen LogP contribution in [0.5, 0.6) is 0 Å². The van der Waals surface area contributed by atoms with Crippen LogP contribution in [-0.2, 0) is 26.6 Å². The monoisotopic (exact) mass is 457 g/mol. The number of carbonyl (C=O) groups excluding carboxylic acids is 3. The summed E-state index contributed by atoms with van der Waals surface area (Å²) in [6, 6.07) is 6.58. The Balaban J connectivity index is 0.000000401. The fourth-order valence-electron chi connectivity index (χ4n) is 4.32. The normalized spacial score (nSPS) is 25.0. The summed E-state index contributed by atoms with van der Waals surface area (Å²) in [6.45, 7) is 2.13. The van der Waals surface area contributed by atoms with Crippen molar-refractivity contribution in [3.63, 3.8) is 0 Å². The Labute approximate surface area is 195 Å². The third-order valence-electron chi connectivity index (χ3n) is 5.60. The summed E-state index contributed by atoms with van der Waals surface area (Å²) in [5, 5.41) is 0. The van der Waals surface area contributed by atoms with E-state index in [1.807, 2.05) is 51.4 Å². The summed E-state index contributed by atoms with van der Waals surface area (Å²) in [7, 11) is 0. The van der Waals surface area contributed by atoms with E-state index in [0.717, 1.165) is 11.8 Å². The number of imide groups is 1. The van der Waals surface area contributed by atoms with Crippen LogP contribution in [0.25, 0.3) is 0 Å². The molecule has 6 heteroatoms. The molecule has 158 valence electrons. The maximum Gasteiger partial charge on any atom is 2.00 e. The van der Waals surface area contributed by atoms with Crippen molar-refractivity contribution in [1.82, 2.24) is 4.90 Å². The maximum atomic E-state index is 12.8. The molecule has 0 unspecified atom stereocenters. The molecule has 3 saturated carbocycles. The van der Waals surface area contributed by atoms with E-state index in [4.69, 9.17) is 4.74 Å². The molecule has 1 aromatic carbocycles. The van der Waals surface area contributed by atoms with E-state index in [0.29, 0.717) is 24.2 Å². The van der Waals surface area contributed by atoms with E-state index in [2.05, 4.69) is 0 Å². The van der Waals surface area contributed by atoms with Crippen LogP contribution in [-0.4, -0.2) is 35.3 Å². The summed E-state index contributed by atoms with van der Waals surface area (Å²) >= 11 is 0. The zero-order chi connectivity index (χ0) is 21.1. The summed E-state index contributed by atoms with van der Waals surface area (Å²) in [5.74, 6) is 1.21. The van der Waals surface area contributed by atoms with Crippen LogP contribution < -0.4 is 0 Å². The van der Waals surface area contributed by atoms with Gasteiger partial charge in [-0.3, -0.25) is 19.3 Å². The summed E-state index contributed by atoms with van der Waals surface area (Å²) < 4.78 is 5.06. The van der Waals surface area contributed by atoms with Crippen LogP contribution in [0.1, 0.15) is 40.5 Å². The molecule has 0 spiro atoms. The molecule has 3 aliphatic carbocycles.